The fraction of sp³-hybridized carbons (Fsp3) is 0.312. The molecule has 1 aliphatic rings. The largest absolute Gasteiger partial charge is 0.489 e. The van der Waals surface area contributed by atoms with Gasteiger partial charge >= 0.3 is 0 Å². The molecule has 1 saturated heterocycles. The van der Waals surface area contributed by atoms with Gasteiger partial charge in [0, 0.05) is 25.9 Å². The zero-order valence-corrected chi connectivity index (χ0v) is 13.1. The quantitative estimate of drug-likeness (QED) is 0.852. The van der Waals surface area contributed by atoms with Crippen LogP contribution in [-0.2, 0) is 0 Å². The van der Waals surface area contributed by atoms with Gasteiger partial charge in [-0.1, -0.05) is 29.8 Å². The lowest BCUT2D eigenvalue weighted by molar-refractivity contribution is 0.0600. The van der Waals surface area contributed by atoms with E-state index in [1.807, 2.05) is 46.7 Å². The molecule has 3 rings (SSSR count). The van der Waals surface area contributed by atoms with Gasteiger partial charge in [-0.3, -0.25) is 4.79 Å². The second kappa shape index (κ2) is 6.50. The molecule has 0 spiro atoms. The van der Waals surface area contributed by atoms with Crippen molar-refractivity contribution in [2.24, 2.45) is 0 Å². The first-order valence-corrected chi connectivity index (χ1v) is 8.24. The number of ether oxygens (including phenoxy) is 1. The van der Waals surface area contributed by atoms with Crippen LogP contribution >= 0.6 is 22.9 Å². The predicted octanol–water partition coefficient (Wildman–Crippen LogP) is 4.09. The summed E-state index contributed by atoms with van der Waals surface area (Å²) in [7, 11) is 0. The number of amides is 1. The van der Waals surface area contributed by atoms with Gasteiger partial charge in [-0.25, -0.2) is 0 Å². The lowest BCUT2D eigenvalue weighted by Crippen LogP contribution is -2.41. The molecule has 1 fully saturated rings. The Morgan fingerprint density at radius 3 is 2.62 bits per heavy atom. The standard InChI is InChI=1S/C16H16ClNO2S/c17-13-4-1-2-5-14(13)20-12-7-9-18(10-8-12)16(19)15-6-3-11-21-15/h1-6,11-12H,7-10H2. The van der Waals surface area contributed by atoms with Crippen molar-refractivity contribution in [3.63, 3.8) is 0 Å². The van der Waals surface area contributed by atoms with Crippen LogP contribution in [0.2, 0.25) is 5.02 Å². The third kappa shape index (κ3) is 3.39. The first-order chi connectivity index (χ1) is 10.2. The molecule has 0 N–H and O–H groups in total. The van der Waals surface area contributed by atoms with Gasteiger partial charge in [-0.15, -0.1) is 11.3 Å². The lowest BCUT2D eigenvalue weighted by atomic mass is 10.1. The number of carbonyl (C=O) groups is 1. The van der Waals surface area contributed by atoms with Gasteiger partial charge < -0.3 is 9.64 Å². The number of halogens is 1. The van der Waals surface area contributed by atoms with E-state index in [9.17, 15) is 4.79 Å². The highest BCUT2D eigenvalue weighted by atomic mass is 35.5. The Balaban J connectivity index is 1.56. The zero-order valence-electron chi connectivity index (χ0n) is 11.5. The van der Waals surface area contributed by atoms with Gasteiger partial charge in [-0.05, 0) is 23.6 Å². The van der Waals surface area contributed by atoms with Crippen molar-refractivity contribution in [1.82, 2.24) is 4.90 Å². The molecular formula is C16H16ClNO2S. The number of carbonyl (C=O) groups excluding carboxylic acids is 1. The van der Waals surface area contributed by atoms with Crippen molar-refractivity contribution in [2.75, 3.05) is 13.1 Å². The molecule has 2 aromatic rings. The molecule has 0 saturated carbocycles. The molecule has 1 aliphatic heterocycles. The third-order valence-electron chi connectivity index (χ3n) is 3.59. The van der Waals surface area contributed by atoms with E-state index in [1.165, 1.54) is 11.3 Å². The van der Waals surface area contributed by atoms with Crippen LogP contribution in [0.15, 0.2) is 41.8 Å². The molecule has 0 radical (unpaired) electrons. The fourth-order valence-electron chi connectivity index (χ4n) is 2.45. The second-order valence-electron chi connectivity index (χ2n) is 5.02. The highest BCUT2D eigenvalue weighted by Gasteiger charge is 2.25. The Labute approximate surface area is 133 Å². The van der Waals surface area contributed by atoms with Crippen LogP contribution in [0.1, 0.15) is 22.5 Å². The minimum absolute atomic E-state index is 0.122. The average Bonchev–Trinajstić information content (AvgIpc) is 3.04. The SMILES string of the molecule is O=C(c1cccs1)N1CCC(Oc2ccccc2Cl)CC1. The minimum Gasteiger partial charge on any atom is -0.489 e. The number of rotatable bonds is 3. The van der Waals surface area contributed by atoms with Gasteiger partial charge in [0.1, 0.15) is 11.9 Å². The van der Waals surface area contributed by atoms with E-state index in [4.69, 9.17) is 16.3 Å². The number of likely N-dealkylation sites (tertiary alicyclic amines) is 1. The van der Waals surface area contributed by atoms with Crippen molar-refractivity contribution in [3.05, 3.63) is 51.7 Å². The van der Waals surface area contributed by atoms with Crippen LogP contribution < -0.4 is 4.74 Å². The van der Waals surface area contributed by atoms with E-state index >= 15 is 0 Å². The van der Waals surface area contributed by atoms with E-state index in [1.54, 1.807) is 0 Å². The number of piperidine rings is 1. The summed E-state index contributed by atoms with van der Waals surface area (Å²) in [5.41, 5.74) is 0. The molecule has 2 heterocycles. The summed E-state index contributed by atoms with van der Waals surface area (Å²) < 4.78 is 5.94. The maximum absolute atomic E-state index is 12.3. The van der Waals surface area contributed by atoms with Crippen molar-refractivity contribution >= 4 is 28.8 Å². The van der Waals surface area contributed by atoms with Crippen LogP contribution in [-0.4, -0.2) is 30.0 Å². The molecule has 5 heteroatoms. The maximum atomic E-state index is 12.3. The van der Waals surface area contributed by atoms with E-state index in [-0.39, 0.29) is 12.0 Å². The van der Waals surface area contributed by atoms with Crippen molar-refractivity contribution in [3.8, 4) is 5.75 Å². The summed E-state index contributed by atoms with van der Waals surface area (Å²) in [4.78, 5) is 15.0. The second-order valence-corrected chi connectivity index (χ2v) is 6.37. The molecule has 0 bridgehead atoms. The summed E-state index contributed by atoms with van der Waals surface area (Å²) in [5, 5.41) is 2.56. The topological polar surface area (TPSA) is 29.5 Å². The number of nitrogens with zero attached hydrogens (tertiary/aromatic N) is 1. The van der Waals surface area contributed by atoms with Gasteiger partial charge in [-0.2, -0.15) is 0 Å². The Bertz CT molecular complexity index is 606. The van der Waals surface area contributed by atoms with Crippen LogP contribution in [0.5, 0.6) is 5.75 Å². The number of hydrogen-bond acceptors (Lipinski definition) is 3. The highest BCUT2D eigenvalue weighted by molar-refractivity contribution is 7.12. The molecular weight excluding hydrogens is 306 g/mol. The maximum Gasteiger partial charge on any atom is 0.263 e. The van der Waals surface area contributed by atoms with Crippen molar-refractivity contribution < 1.29 is 9.53 Å². The van der Waals surface area contributed by atoms with E-state index in [0.717, 1.165) is 36.6 Å². The van der Waals surface area contributed by atoms with Crippen LogP contribution in [0, 0.1) is 0 Å². The molecule has 21 heavy (non-hydrogen) atoms. The number of hydrogen-bond donors (Lipinski definition) is 0. The predicted molar refractivity (Wildman–Crippen MR) is 85.3 cm³/mol. The molecule has 0 unspecified atom stereocenters. The Hall–Kier alpha value is -1.52. The lowest BCUT2D eigenvalue weighted by Gasteiger charge is -2.32. The third-order valence-corrected chi connectivity index (χ3v) is 4.76. The van der Waals surface area contributed by atoms with E-state index in [2.05, 4.69) is 0 Å². The van der Waals surface area contributed by atoms with Crippen LogP contribution in [0.25, 0.3) is 0 Å². The molecule has 1 aromatic carbocycles. The van der Waals surface area contributed by atoms with Crippen molar-refractivity contribution in [2.45, 2.75) is 18.9 Å². The van der Waals surface area contributed by atoms with E-state index in [0.29, 0.717) is 5.02 Å². The summed E-state index contributed by atoms with van der Waals surface area (Å²) >= 11 is 7.59. The number of para-hydroxylation sites is 1. The van der Waals surface area contributed by atoms with Gasteiger partial charge in [0.2, 0.25) is 0 Å². The smallest absolute Gasteiger partial charge is 0.263 e. The Morgan fingerprint density at radius 1 is 1.19 bits per heavy atom. The molecule has 1 aromatic heterocycles. The molecule has 3 nitrogen and oxygen atoms in total. The zero-order chi connectivity index (χ0) is 14.7. The molecule has 0 aliphatic carbocycles. The minimum atomic E-state index is 0.122. The summed E-state index contributed by atoms with van der Waals surface area (Å²) in [5.74, 6) is 0.850. The summed E-state index contributed by atoms with van der Waals surface area (Å²) in [6.45, 7) is 1.46. The average molecular weight is 322 g/mol. The molecule has 110 valence electrons. The molecule has 0 atom stereocenters. The molecule has 1 amide bonds. The Kier molecular flexibility index (Phi) is 4.46. The number of thiophene rings is 1. The summed E-state index contributed by atoms with van der Waals surface area (Å²) in [6.07, 6.45) is 1.79. The van der Waals surface area contributed by atoms with Gasteiger partial charge in [0.25, 0.3) is 5.91 Å². The number of benzene rings is 1. The van der Waals surface area contributed by atoms with Crippen LogP contribution in [0.3, 0.4) is 0 Å². The van der Waals surface area contributed by atoms with Crippen LogP contribution in [0.4, 0.5) is 0 Å². The Morgan fingerprint density at radius 2 is 1.95 bits per heavy atom. The fourth-order valence-corrected chi connectivity index (χ4v) is 3.32. The first-order valence-electron chi connectivity index (χ1n) is 6.98. The van der Waals surface area contributed by atoms with Crippen molar-refractivity contribution in [1.29, 1.82) is 0 Å². The van der Waals surface area contributed by atoms with Gasteiger partial charge in [0.15, 0.2) is 0 Å². The van der Waals surface area contributed by atoms with E-state index < -0.39 is 0 Å². The summed E-state index contributed by atoms with van der Waals surface area (Å²) in [6, 6.07) is 11.3. The highest BCUT2D eigenvalue weighted by Crippen LogP contribution is 2.27. The monoisotopic (exact) mass is 321 g/mol. The first kappa shape index (κ1) is 14.4. The van der Waals surface area contributed by atoms with Gasteiger partial charge in [0.05, 0.1) is 9.90 Å². The normalized spacial score (nSPS) is 16.0.